The minimum Gasteiger partial charge on any atom is -0.497 e. The van der Waals surface area contributed by atoms with Crippen LogP contribution in [-0.4, -0.2) is 24.7 Å². The molecule has 0 aliphatic carbocycles. The van der Waals surface area contributed by atoms with Crippen molar-refractivity contribution in [2.45, 2.75) is 6.92 Å². The highest BCUT2D eigenvalue weighted by atomic mass is 16.5. The molecule has 0 saturated carbocycles. The van der Waals surface area contributed by atoms with Crippen LogP contribution in [0.15, 0.2) is 42.7 Å². The van der Waals surface area contributed by atoms with Crippen molar-refractivity contribution in [1.29, 1.82) is 0 Å². The van der Waals surface area contributed by atoms with E-state index in [1.54, 1.807) is 38.6 Å². The molecule has 1 aromatic heterocycles. The van der Waals surface area contributed by atoms with Crippen molar-refractivity contribution in [2.75, 3.05) is 13.7 Å². The second-order valence-corrected chi connectivity index (χ2v) is 3.91. The summed E-state index contributed by atoms with van der Waals surface area (Å²) in [5, 5.41) is 0. The van der Waals surface area contributed by atoms with E-state index in [1.807, 2.05) is 18.2 Å². The number of nitrogens with zero attached hydrogens (tertiary/aromatic N) is 1. The van der Waals surface area contributed by atoms with Crippen molar-refractivity contribution in [3.8, 4) is 16.9 Å². The Morgan fingerprint density at radius 3 is 2.74 bits per heavy atom. The summed E-state index contributed by atoms with van der Waals surface area (Å²) in [5.74, 6) is 0.260. The first-order chi connectivity index (χ1) is 9.24. The minimum atomic E-state index is -0.355. The number of carbonyl (C=O) groups is 1. The van der Waals surface area contributed by atoms with Crippen LogP contribution >= 0.6 is 0 Å². The number of hydrogen-bond acceptors (Lipinski definition) is 4. The lowest BCUT2D eigenvalue weighted by Crippen LogP contribution is -2.05. The summed E-state index contributed by atoms with van der Waals surface area (Å²) >= 11 is 0. The quantitative estimate of drug-likeness (QED) is 0.790. The van der Waals surface area contributed by atoms with Crippen LogP contribution in [0.4, 0.5) is 0 Å². The molecule has 98 valence electrons. The summed E-state index contributed by atoms with van der Waals surface area (Å²) < 4.78 is 10.2. The van der Waals surface area contributed by atoms with E-state index in [1.165, 1.54) is 0 Å². The maximum Gasteiger partial charge on any atom is 0.338 e. The van der Waals surface area contributed by atoms with Crippen molar-refractivity contribution in [3.63, 3.8) is 0 Å². The molecule has 19 heavy (non-hydrogen) atoms. The fourth-order valence-electron chi connectivity index (χ4n) is 1.75. The number of pyridine rings is 1. The zero-order valence-electron chi connectivity index (χ0n) is 10.9. The predicted molar refractivity (Wildman–Crippen MR) is 72.2 cm³/mol. The average molecular weight is 257 g/mol. The zero-order valence-corrected chi connectivity index (χ0v) is 10.9. The van der Waals surface area contributed by atoms with Gasteiger partial charge in [0.05, 0.1) is 19.3 Å². The zero-order chi connectivity index (χ0) is 13.7. The Bertz CT molecular complexity index is 567. The number of esters is 1. The monoisotopic (exact) mass is 257 g/mol. The average Bonchev–Trinajstić information content (AvgIpc) is 2.48. The number of aromatic nitrogens is 1. The lowest BCUT2D eigenvalue weighted by atomic mass is 10.0. The fraction of sp³-hybridized carbons (Fsp3) is 0.200. The third kappa shape index (κ3) is 3.10. The molecule has 0 aliphatic heterocycles. The minimum absolute atomic E-state index is 0.346. The Morgan fingerprint density at radius 2 is 2.11 bits per heavy atom. The Hall–Kier alpha value is -2.36. The van der Waals surface area contributed by atoms with Crippen LogP contribution < -0.4 is 4.74 Å². The van der Waals surface area contributed by atoms with Crippen molar-refractivity contribution in [2.24, 2.45) is 0 Å². The molecule has 0 spiro atoms. The van der Waals surface area contributed by atoms with Gasteiger partial charge in [0.2, 0.25) is 0 Å². The van der Waals surface area contributed by atoms with Gasteiger partial charge >= 0.3 is 5.97 Å². The predicted octanol–water partition coefficient (Wildman–Crippen LogP) is 2.93. The molecule has 0 atom stereocenters. The molecule has 0 N–H and O–H groups in total. The lowest BCUT2D eigenvalue weighted by Gasteiger charge is -2.08. The Balaban J connectivity index is 2.45. The van der Waals surface area contributed by atoms with E-state index >= 15 is 0 Å². The van der Waals surface area contributed by atoms with Crippen LogP contribution in [0.3, 0.4) is 0 Å². The molecule has 0 bridgehead atoms. The first kappa shape index (κ1) is 13.1. The first-order valence-electron chi connectivity index (χ1n) is 6.01. The van der Waals surface area contributed by atoms with Gasteiger partial charge in [-0.1, -0.05) is 6.07 Å². The van der Waals surface area contributed by atoms with Crippen LogP contribution in [0.25, 0.3) is 11.1 Å². The van der Waals surface area contributed by atoms with Gasteiger partial charge in [-0.25, -0.2) is 4.79 Å². The molecule has 1 aromatic carbocycles. The van der Waals surface area contributed by atoms with E-state index in [9.17, 15) is 4.79 Å². The van der Waals surface area contributed by atoms with E-state index in [-0.39, 0.29) is 5.97 Å². The normalized spacial score (nSPS) is 10.0. The number of rotatable bonds is 4. The van der Waals surface area contributed by atoms with Crippen molar-refractivity contribution < 1.29 is 14.3 Å². The van der Waals surface area contributed by atoms with E-state index in [4.69, 9.17) is 9.47 Å². The second kappa shape index (κ2) is 6.00. The standard InChI is InChI=1S/C15H15NO3/c1-3-19-15(17)13-7-12(8-14(9-13)18-2)11-5-4-6-16-10-11/h4-10H,3H2,1-2H3. The summed E-state index contributed by atoms with van der Waals surface area (Å²) in [6.07, 6.45) is 3.44. The third-order valence-electron chi connectivity index (χ3n) is 2.65. The van der Waals surface area contributed by atoms with E-state index < -0.39 is 0 Å². The first-order valence-corrected chi connectivity index (χ1v) is 6.01. The number of carbonyl (C=O) groups excluding carboxylic acids is 1. The molecule has 0 aliphatic rings. The molecule has 2 aromatic rings. The smallest absolute Gasteiger partial charge is 0.338 e. The summed E-state index contributed by atoms with van der Waals surface area (Å²) in [6.45, 7) is 2.12. The van der Waals surface area contributed by atoms with Gasteiger partial charge in [-0.15, -0.1) is 0 Å². The highest BCUT2D eigenvalue weighted by Gasteiger charge is 2.11. The molecule has 1 heterocycles. The third-order valence-corrected chi connectivity index (χ3v) is 2.65. The molecular weight excluding hydrogens is 242 g/mol. The Morgan fingerprint density at radius 1 is 1.26 bits per heavy atom. The van der Waals surface area contributed by atoms with Gasteiger partial charge < -0.3 is 9.47 Å². The van der Waals surface area contributed by atoms with E-state index in [0.717, 1.165) is 11.1 Å². The summed E-state index contributed by atoms with van der Waals surface area (Å²) in [4.78, 5) is 15.9. The molecule has 0 fully saturated rings. The number of benzene rings is 1. The highest BCUT2D eigenvalue weighted by molar-refractivity contribution is 5.91. The Labute approximate surface area is 112 Å². The molecule has 0 radical (unpaired) electrons. The van der Waals surface area contributed by atoms with Gasteiger partial charge in [-0.3, -0.25) is 4.98 Å². The molecule has 4 heteroatoms. The van der Waals surface area contributed by atoms with Crippen molar-refractivity contribution in [1.82, 2.24) is 4.98 Å². The van der Waals surface area contributed by atoms with E-state index in [2.05, 4.69) is 4.98 Å². The number of ether oxygens (including phenoxy) is 2. The number of methoxy groups -OCH3 is 1. The summed E-state index contributed by atoms with van der Waals surface area (Å²) in [5.41, 5.74) is 2.27. The van der Waals surface area contributed by atoms with Gasteiger partial charge in [-0.2, -0.15) is 0 Å². The maximum atomic E-state index is 11.8. The van der Waals surface area contributed by atoms with Crippen molar-refractivity contribution >= 4 is 5.97 Å². The molecule has 4 nitrogen and oxygen atoms in total. The van der Waals surface area contributed by atoms with Crippen LogP contribution in [0.5, 0.6) is 5.75 Å². The highest BCUT2D eigenvalue weighted by Crippen LogP contribution is 2.25. The summed E-state index contributed by atoms with van der Waals surface area (Å²) in [6, 6.07) is 9.07. The molecular formula is C15H15NO3. The summed E-state index contributed by atoms with van der Waals surface area (Å²) in [7, 11) is 1.57. The maximum absolute atomic E-state index is 11.8. The van der Waals surface area contributed by atoms with E-state index in [0.29, 0.717) is 17.9 Å². The van der Waals surface area contributed by atoms with Crippen LogP contribution in [0.2, 0.25) is 0 Å². The van der Waals surface area contributed by atoms with Crippen LogP contribution in [-0.2, 0) is 4.74 Å². The van der Waals surface area contributed by atoms with Crippen molar-refractivity contribution in [3.05, 3.63) is 48.3 Å². The van der Waals surface area contributed by atoms with Gasteiger partial charge in [-0.05, 0) is 36.8 Å². The largest absolute Gasteiger partial charge is 0.497 e. The fourth-order valence-corrected chi connectivity index (χ4v) is 1.75. The SMILES string of the molecule is CCOC(=O)c1cc(OC)cc(-c2cccnc2)c1. The van der Waals surface area contributed by atoms with Crippen LogP contribution in [0.1, 0.15) is 17.3 Å². The number of hydrogen-bond donors (Lipinski definition) is 0. The van der Waals surface area contributed by atoms with Gasteiger partial charge in [0.25, 0.3) is 0 Å². The second-order valence-electron chi connectivity index (χ2n) is 3.91. The van der Waals surface area contributed by atoms with Gasteiger partial charge in [0, 0.05) is 18.0 Å². The molecule has 0 amide bonds. The molecule has 0 saturated heterocycles. The lowest BCUT2D eigenvalue weighted by molar-refractivity contribution is 0.0526. The van der Waals surface area contributed by atoms with Gasteiger partial charge in [0.1, 0.15) is 5.75 Å². The molecule has 0 unspecified atom stereocenters. The van der Waals surface area contributed by atoms with Gasteiger partial charge in [0.15, 0.2) is 0 Å². The topological polar surface area (TPSA) is 48.4 Å². The Kier molecular flexibility index (Phi) is 4.13. The molecule has 2 rings (SSSR count). The van der Waals surface area contributed by atoms with Crippen LogP contribution in [0, 0.1) is 0 Å².